The Kier molecular flexibility index (Phi) is 4.16. The summed E-state index contributed by atoms with van der Waals surface area (Å²) in [6.07, 6.45) is 3.19. The molecular formula is C6H7Cl2NO. The Morgan fingerprint density at radius 3 is 2.70 bits per heavy atom. The number of aromatic amines is 1. The van der Waals surface area contributed by atoms with E-state index in [9.17, 15) is 4.79 Å². The number of rotatable bonds is 1. The highest BCUT2D eigenvalue weighted by atomic mass is 35.5. The molecule has 1 aromatic heterocycles. The van der Waals surface area contributed by atoms with Gasteiger partial charge < -0.3 is 4.98 Å². The average Bonchev–Trinajstić information content (AvgIpc) is 1.89. The summed E-state index contributed by atoms with van der Waals surface area (Å²) in [6.45, 7) is 0. The van der Waals surface area contributed by atoms with E-state index in [0.29, 0.717) is 5.56 Å². The zero-order valence-corrected chi connectivity index (χ0v) is 6.71. The smallest absolute Gasteiger partial charge is 0.185 e. The van der Waals surface area contributed by atoms with Crippen molar-refractivity contribution in [1.29, 1.82) is 0 Å². The van der Waals surface area contributed by atoms with Crippen molar-refractivity contribution in [2.75, 3.05) is 0 Å². The monoisotopic (exact) mass is 179 g/mol. The van der Waals surface area contributed by atoms with Crippen LogP contribution in [0.4, 0.5) is 0 Å². The summed E-state index contributed by atoms with van der Waals surface area (Å²) >= 11 is 5.41. The molecule has 0 saturated heterocycles. The van der Waals surface area contributed by atoms with E-state index in [4.69, 9.17) is 11.6 Å². The van der Waals surface area contributed by atoms with E-state index in [2.05, 4.69) is 4.98 Å². The lowest BCUT2D eigenvalue weighted by atomic mass is 10.3. The number of halogens is 2. The van der Waals surface area contributed by atoms with E-state index in [-0.39, 0.29) is 23.7 Å². The van der Waals surface area contributed by atoms with Crippen molar-refractivity contribution in [2.45, 2.75) is 5.88 Å². The lowest BCUT2D eigenvalue weighted by molar-refractivity contribution is 1.21. The fourth-order valence-electron chi connectivity index (χ4n) is 0.555. The molecule has 0 aliphatic carbocycles. The van der Waals surface area contributed by atoms with Gasteiger partial charge in [0.05, 0.1) is 5.88 Å². The first-order valence-corrected chi connectivity index (χ1v) is 3.10. The van der Waals surface area contributed by atoms with Crippen molar-refractivity contribution in [1.82, 2.24) is 4.98 Å². The van der Waals surface area contributed by atoms with E-state index >= 15 is 0 Å². The van der Waals surface area contributed by atoms with Gasteiger partial charge >= 0.3 is 0 Å². The molecule has 1 heterocycles. The van der Waals surface area contributed by atoms with Gasteiger partial charge in [-0.1, -0.05) is 0 Å². The topological polar surface area (TPSA) is 32.9 Å². The van der Waals surface area contributed by atoms with Gasteiger partial charge in [0.2, 0.25) is 0 Å². The van der Waals surface area contributed by atoms with Crippen LogP contribution in [-0.2, 0) is 5.88 Å². The molecule has 1 rings (SSSR count). The van der Waals surface area contributed by atoms with E-state index in [0.717, 1.165) is 0 Å². The number of H-pyrrole nitrogens is 1. The van der Waals surface area contributed by atoms with Crippen molar-refractivity contribution >= 4 is 24.0 Å². The summed E-state index contributed by atoms with van der Waals surface area (Å²) in [7, 11) is 0. The molecule has 0 amide bonds. The standard InChI is InChI=1S/C6H6ClNO.ClH/c7-3-5-4-8-2-1-6(5)9;/h1-2,4H,3H2,(H,8,9);1H. The van der Waals surface area contributed by atoms with Crippen molar-refractivity contribution in [2.24, 2.45) is 0 Å². The summed E-state index contributed by atoms with van der Waals surface area (Å²) in [5, 5.41) is 0. The summed E-state index contributed by atoms with van der Waals surface area (Å²) in [5.41, 5.74) is 0.600. The van der Waals surface area contributed by atoms with Crippen LogP contribution in [0.15, 0.2) is 23.3 Å². The van der Waals surface area contributed by atoms with Gasteiger partial charge in [-0.15, -0.1) is 24.0 Å². The molecule has 1 N–H and O–H groups in total. The largest absolute Gasteiger partial charge is 0.367 e. The molecule has 56 valence electrons. The van der Waals surface area contributed by atoms with Gasteiger partial charge in [-0.2, -0.15) is 0 Å². The SMILES string of the molecule is Cl.O=c1cc[nH]cc1CCl. The molecule has 2 nitrogen and oxygen atoms in total. The van der Waals surface area contributed by atoms with Crippen LogP contribution in [0.2, 0.25) is 0 Å². The maximum Gasteiger partial charge on any atom is 0.185 e. The van der Waals surface area contributed by atoms with Crippen molar-refractivity contribution in [3.8, 4) is 0 Å². The molecule has 0 fully saturated rings. The third kappa shape index (κ3) is 2.05. The Hall–Kier alpha value is -0.470. The fourth-order valence-corrected chi connectivity index (χ4v) is 0.764. The molecule has 0 spiro atoms. The van der Waals surface area contributed by atoms with Gasteiger partial charge in [0.15, 0.2) is 5.43 Å². The van der Waals surface area contributed by atoms with Crippen LogP contribution in [0.25, 0.3) is 0 Å². The minimum Gasteiger partial charge on any atom is -0.367 e. The van der Waals surface area contributed by atoms with Gasteiger partial charge in [-0.25, -0.2) is 0 Å². The lowest BCUT2D eigenvalue weighted by Gasteiger charge is -1.88. The Balaban J connectivity index is 0.000000810. The van der Waals surface area contributed by atoms with Crippen molar-refractivity contribution in [3.63, 3.8) is 0 Å². The molecule has 0 aromatic carbocycles. The maximum atomic E-state index is 10.7. The maximum absolute atomic E-state index is 10.7. The molecule has 0 bridgehead atoms. The van der Waals surface area contributed by atoms with Crippen LogP contribution in [0.3, 0.4) is 0 Å². The second-order valence-corrected chi connectivity index (χ2v) is 1.93. The number of nitrogens with one attached hydrogen (secondary N) is 1. The second-order valence-electron chi connectivity index (χ2n) is 1.67. The lowest BCUT2D eigenvalue weighted by Crippen LogP contribution is -2.04. The molecule has 0 unspecified atom stereocenters. The first-order chi connectivity index (χ1) is 4.34. The minimum atomic E-state index is -0.0104. The zero-order valence-electron chi connectivity index (χ0n) is 5.13. The number of alkyl halides is 1. The van der Waals surface area contributed by atoms with Crippen LogP contribution in [0.1, 0.15) is 5.56 Å². The average molecular weight is 180 g/mol. The van der Waals surface area contributed by atoms with Crippen molar-refractivity contribution < 1.29 is 0 Å². The normalized spacial score (nSPS) is 8.50. The molecular weight excluding hydrogens is 173 g/mol. The predicted molar refractivity (Wildman–Crippen MR) is 43.9 cm³/mol. The molecule has 0 atom stereocenters. The molecule has 10 heavy (non-hydrogen) atoms. The Morgan fingerprint density at radius 1 is 1.60 bits per heavy atom. The summed E-state index contributed by atoms with van der Waals surface area (Å²) in [4.78, 5) is 13.5. The zero-order chi connectivity index (χ0) is 6.69. The quantitative estimate of drug-likeness (QED) is 0.653. The number of hydrogen-bond donors (Lipinski definition) is 1. The van der Waals surface area contributed by atoms with Crippen LogP contribution < -0.4 is 5.43 Å². The van der Waals surface area contributed by atoms with Gasteiger partial charge in [0.25, 0.3) is 0 Å². The third-order valence-corrected chi connectivity index (χ3v) is 1.34. The third-order valence-electron chi connectivity index (χ3n) is 1.05. The molecule has 0 aliphatic heterocycles. The van der Waals surface area contributed by atoms with Crippen LogP contribution in [-0.4, -0.2) is 4.98 Å². The highest BCUT2D eigenvalue weighted by molar-refractivity contribution is 6.17. The molecule has 1 aromatic rings. The Labute approximate surface area is 69.6 Å². The molecule has 0 saturated carbocycles. The van der Waals surface area contributed by atoms with Gasteiger partial charge in [0.1, 0.15) is 0 Å². The van der Waals surface area contributed by atoms with E-state index in [1.165, 1.54) is 6.07 Å². The Morgan fingerprint density at radius 2 is 2.30 bits per heavy atom. The molecule has 0 radical (unpaired) electrons. The van der Waals surface area contributed by atoms with Gasteiger partial charge in [0, 0.05) is 24.0 Å². The van der Waals surface area contributed by atoms with E-state index in [1.807, 2.05) is 0 Å². The first-order valence-electron chi connectivity index (χ1n) is 2.56. The second kappa shape index (κ2) is 4.36. The van der Waals surface area contributed by atoms with E-state index < -0.39 is 0 Å². The highest BCUT2D eigenvalue weighted by Crippen LogP contribution is 1.91. The Bertz CT molecular complexity index is 246. The summed E-state index contributed by atoms with van der Waals surface area (Å²) in [6, 6.07) is 1.46. The minimum absolute atomic E-state index is 0. The summed E-state index contributed by atoms with van der Waals surface area (Å²) in [5.74, 6) is 0.274. The van der Waals surface area contributed by atoms with E-state index in [1.54, 1.807) is 12.4 Å². The number of hydrogen-bond acceptors (Lipinski definition) is 1. The van der Waals surface area contributed by atoms with Crippen LogP contribution >= 0.6 is 24.0 Å². The van der Waals surface area contributed by atoms with Crippen LogP contribution in [0, 0.1) is 0 Å². The fraction of sp³-hybridized carbons (Fsp3) is 0.167. The molecule has 4 heteroatoms. The highest BCUT2D eigenvalue weighted by Gasteiger charge is 1.91. The number of pyridine rings is 1. The van der Waals surface area contributed by atoms with Crippen LogP contribution in [0.5, 0.6) is 0 Å². The first kappa shape index (κ1) is 9.53. The number of aromatic nitrogens is 1. The predicted octanol–water partition coefficient (Wildman–Crippen LogP) is 1.54. The van der Waals surface area contributed by atoms with Crippen molar-refractivity contribution in [3.05, 3.63) is 34.2 Å². The van der Waals surface area contributed by atoms with Gasteiger partial charge in [-0.3, -0.25) is 4.79 Å². The molecule has 0 aliphatic rings. The van der Waals surface area contributed by atoms with Gasteiger partial charge in [-0.05, 0) is 0 Å². The summed E-state index contributed by atoms with van der Waals surface area (Å²) < 4.78 is 0.